The molecule has 0 saturated heterocycles. The molecule has 1 N–H and O–H groups in total. The molecule has 0 bridgehead atoms. The van der Waals surface area contributed by atoms with Gasteiger partial charge in [0.25, 0.3) is 0 Å². The average Bonchev–Trinajstić information content (AvgIpc) is 2.38. The van der Waals surface area contributed by atoms with E-state index in [-0.39, 0.29) is 0 Å². The predicted molar refractivity (Wildman–Crippen MR) is 67.4 cm³/mol. The van der Waals surface area contributed by atoms with Gasteiger partial charge in [0.15, 0.2) is 0 Å². The van der Waals surface area contributed by atoms with Crippen molar-refractivity contribution in [1.82, 2.24) is 9.97 Å². The van der Waals surface area contributed by atoms with Gasteiger partial charge in [0, 0.05) is 17.4 Å². The number of ether oxygens (including phenoxy) is 1. The minimum absolute atomic E-state index is 0.574. The first kappa shape index (κ1) is 11.7. The van der Waals surface area contributed by atoms with E-state index >= 15 is 0 Å². The number of anilines is 1. The Labute approximate surface area is 105 Å². The summed E-state index contributed by atoms with van der Waals surface area (Å²) in [5.41, 5.74) is 1.69. The summed E-state index contributed by atoms with van der Waals surface area (Å²) in [6, 6.07) is 5.42. The molecular formula is C12H12ClN3O. The lowest BCUT2D eigenvalue weighted by Crippen LogP contribution is -2.03. The fraction of sp³-hybridized carbons (Fsp3) is 0.167. The van der Waals surface area contributed by atoms with Crippen molar-refractivity contribution in [1.29, 1.82) is 0 Å². The monoisotopic (exact) mass is 249 g/mol. The van der Waals surface area contributed by atoms with Gasteiger partial charge in [0.05, 0.1) is 31.2 Å². The maximum absolute atomic E-state index is 5.93. The second kappa shape index (κ2) is 5.50. The molecule has 4 nitrogen and oxygen atoms in total. The van der Waals surface area contributed by atoms with E-state index in [0.29, 0.717) is 11.6 Å². The van der Waals surface area contributed by atoms with Crippen molar-refractivity contribution in [2.75, 3.05) is 12.4 Å². The molecule has 2 rings (SSSR count). The molecule has 0 aliphatic rings. The first-order chi connectivity index (χ1) is 8.29. The van der Waals surface area contributed by atoms with Crippen molar-refractivity contribution in [3.8, 4) is 5.75 Å². The van der Waals surface area contributed by atoms with E-state index in [1.54, 1.807) is 31.8 Å². The molecule has 0 amide bonds. The lowest BCUT2D eigenvalue weighted by molar-refractivity contribution is 0.416. The van der Waals surface area contributed by atoms with Crippen LogP contribution in [-0.4, -0.2) is 17.1 Å². The molecule has 1 aromatic carbocycles. The highest BCUT2D eigenvalue weighted by atomic mass is 35.5. The Bertz CT molecular complexity index is 490. The second-order valence-corrected chi connectivity index (χ2v) is 3.83. The summed E-state index contributed by atoms with van der Waals surface area (Å²) in [5.74, 6) is 0.748. The van der Waals surface area contributed by atoms with Gasteiger partial charge in [-0.3, -0.25) is 9.97 Å². The Kier molecular flexibility index (Phi) is 3.77. The highest BCUT2D eigenvalue weighted by Gasteiger charge is 2.03. The smallest absolute Gasteiger partial charge is 0.142 e. The number of nitrogens with zero attached hydrogens (tertiary/aromatic N) is 2. The Hall–Kier alpha value is -1.81. The molecule has 0 unspecified atom stereocenters. The first-order valence-corrected chi connectivity index (χ1v) is 5.49. The third-order valence-corrected chi connectivity index (χ3v) is 2.47. The van der Waals surface area contributed by atoms with Crippen molar-refractivity contribution >= 4 is 17.3 Å². The number of halogens is 1. The van der Waals surface area contributed by atoms with Crippen LogP contribution in [0.5, 0.6) is 5.75 Å². The second-order valence-electron chi connectivity index (χ2n) is 3.39. The lowest BCUT2D eigenvalue weighted by Gasteiger charge is -2.10. The summed E-state index contributed by atoms with van der Waals surface area (Å²) in [4.78, 5) is 8.17. The summed E-state index contributed by atoms with van der Waals surface area (Å²) < 4.78 is 5.23. The number of nitrogens with one attached hydrogen (secondary N) is 1. The number of aromatic nitrogens is 2. The molecule has 0 saturated carbocycles. The molecule has 0 fully saturated rings. The fourth-order valence-electron chi connectivity index (χ4n) is 1.43. The van der Waals surface area contributed by atoms with Crippen LogP contribution in [0.3, 0.4) is 0 Å². The molecule has 2 aromatic rings. The average molecular weight is 250 g/mol. The van der Waals surface area contributed by atoms with Crippen molar-refractivity contribution in [2.24, 2.45) is 0 Å². The minimum Gasteiger partial charge on any atom is -0.495 e. The predicted octanol–water partition coefficient (Wildman–Crippen LogP) is 2.75. The molecule has 88 valence electrons. The molecule has 0 aliphatic heterocycles. The van der Waals surface area contributed by atoms with Crippen LogP contribution >= 0.6 is 11.6 Å². The zero-order valence-electron chi connectivity index (χ0n) is 9.35. The van der Waals surface area contributed by atoms with Crippen LogP contribution in [0.25, 0.3) is 0 Å². The van der Waals surface area contributed by atoms with E-state index in [0.717, 1.165) is 17.1 Å². The summed E-state index contributed by atoms with van der Waals surface area (Å²) in [6.07, 6.45) is 5.01. The Morgan fingerprint density at radius 1 is 1.35 bits per heavy atom. The van der Waals surface area contributed by atoms with E-state index < -0.39 is 0 Å². The number of hydrogen-bond donors (Lipinski definition) is 1. The molecule has 5 heteroatoms. The Morgan fingerprint density at radius 2 is 2.24 bits per heavy atom. The summed E-state index contributed by atoms with van der Waals surface area (Å²) in [6.45, 7) is 0.574. The van der Waals surface area contributed by atoms with Gasteiger partial charge in [-0.25, -0.2) is 0 Å². The van der Waals surface area contributed by atoms with Gasteiger partial charge in [0.1, 0.15) is 5.75 Å². The summed E-state index contributed by atoms with van der Waals surface area (Å²) >= 11 is 5.93. The maximum Gasteiger partial charge on any atom is 0.142 e. The van der Waals surface area contributed by atoms with Crippen molar-refractivity contribution in [3.05, 3.63) is 47.5 Å². The van der Waals surface area contributed by atoms with Gasteiger partial charge in [-0.1, -0.05) is 11.6 Å². The van der Waals surface area contributed by atoms with E-state index in [1.165, 1.54) is 0 Å². The third kappa shape index (κ3) is 3.07. The lowest BCUT2D eigenvalue weighted by atomic mass is 10.3. The van der Waals surface area contributed by atoms with Gasteiger partial charge in [-0.2, -0.15) is 0 Å². The maximum atomic E-state index is 5.93. The number of methoxy groups -OCH3 is 1. The van der Waals surface area contributed by atoms with Gasteiger partial charge >= 0.3 is 0 Å². The van der Waals surface area contributed by atoms with Crippen LogP contribution in [0.1, 0.15) is 5.69 Å². The van der Waals surface area contributed by atoms with Crippen LogP contribution in [0.15, 0.2) is 36.8 Å². The highest BCUT2D eigenvalue weighted by molar-refractivity contribution is 6.30. The zero-order valence-corrected chi connectivity index (χ0v) is 10.1. The molecule has 17 heavy (non-hydrogen) atoms. The quantitative estimate of drug-likeness (QED) is 0.905. The molecule has 0 aliphatic carbocycles. The SMILES string of the molecule is COc1ccc(Cl)cc1NCc1cnccn1. The van der Waals surface area contributed by atoms with Gasteiger partial charge in [-0.05, 0) is 18.2 Å². The Balaban J connectivity index is 2.11. The Morgan fingerprint density at radius 3 is 2.94 bits per heavy atom. The minimum atomic E-state index is 0.574. The van der Waals surface area contributed by atoms with Gasteiger partial charge in [0.2, 0.25) is 0 Å². The largest absolute Gasteiger partial charge is 0.495 e. The van der Waals surface area contributed by atoms with E-state index in [4.69, 9.17) is 16.3 Å². The molecule has 1 heterocycles. The third-order valence-electron chi connectivity index (χ3n) is 2.24. The number of rotatable bonds is 4. The molecule has 1 aromatic heterocycles. The van der Waals surface area contributed by atoms with Gasteiger partial charge < -0.3 is 10.1 Å². The topological polar surface area (TPSA) is 47.0 Å². The standard InChI is InChI=1S/C12H12ClN3O/c1-17-12-3-2-9(13)6-11(12)16-8-10-7-14-4-5-15-10/h2-7,16H,8H2,1H3. The molecule has 0 radical (unpaired) electrons. The fourth-order valence-corrected chi connectivity index (χ4v) is 1.60. The van der Waals surface area contributed by atoms with Crippen LogP contribution in [0.4, 0.5) is 5.69 Å². The summed E-state index contributed by atoms with van der Waals surface area (Å²) in [7, 11) is 1.62. The highest BCUT2D eigenvalue weighted by Crippen LogP contribution is 2.27. The molecule has 0 atom stereocenters. The normalized spacial score (nSPS) is 10.0. The van der Waals surface area contributed by atoms with E-state index in [9.17, 15) is 0 Å². The summed E-state index contributed by atoms with van der Waals surface area (Å²) in [5, 5.41) is 3.87. The molecular weight excluding hydrogens is 238 g/mol. The van der Waals surface area contributed by atoms with E-state index in [1.807, 2.05) is 12.1 Å². The first-order valence-electron chi connectivity index (χ1n) is 5.12. The van der Waals surface area contributed by atoms with E-state index in [2.05, 4.69) is 15.3 Å². The number of benzene rings is 1. The van der Waals surface area contributed by atoms with Crippen LogP contribution in [-0.2, 0) is 6.54 Å². The zero-order chi connectivity index (χ0) is 12.1. The number of hydrogen-bond acceptors (Lipinski definition) is 4. The van der Waals surface area contributed by atoms with Crippen LogP contribution in [0.2, 0.25) is 5.02 Å². The van der Waals surface area contributed by atoms with Crippen LogP contribution < -0.4 is 10.1 Å². The van der Waals surface area contributed by atoms with Crippen molar-refractivity contribution < 1.29 is 4.74 Å². The van der Waals surface area contributed by atoms with Gasteiger partial charge in [-0.15, -0.1) is 0 Å². The van der Waals surface area contributed by atoms with Crippen molar-refractivity contribution in [2.45, 2.75) is 6.54 Å². The van der Waals surface area contributed by atoms with Crippen LogP contribution in [0, 0.1) is 0 Å². The molecule has 0 spiro atoms. The van der Waals surface area contributed by atoms with Crippen molar-refractivity contribution in [3.63, 3.8) is 0 Å².